The van der Waals surface area contributed by atoms with E-state index < -0.39 is 0 Å². The highest BCUT2D eigenvalue weighted by molar-refractivity contribution is 4.80. The van der Waals surface area contributed by atoms with E-state index in [-0.39, 0.29) is 12.1 Å². The Bertz CT molecular complexity index is 161. The summed E-state index contributed by atoms with van der Waals surface area (Å²) in [7, 11) is 5.75. The molecule has 0 rings (SSSR count). The maximum Gasteiger partial charge on any atom is 0.0610 e. The van der Waals surface area contributed by atoms with Crippen LogP contribution in [0.5, 0.6) is 0 Å². The van der Waals surface area contributed by atoms with Crippen LogP contribution in [-0.4, -0.2) is 63.1 Å². The molecule has 0 saturated heterocycles. The van der Waals surface area contributed by atoms with E-state index in [9.17, 15) is 5.11 Å². The van der Waals surface area contributed by atoms with Crippen molar-refractivity contribution in [2.75, 3.05) is 47.5 Å². The topological polar surface area (TPSA) is 44.7 Å². The molecule has 0 aliphatic carbocycles. The normalized spacial score (nSPS) is 15.4. The lowest BCUT2D eigenvalue weighted by Crippen LogP contribution is -2.43. The van der Waals surface area contributed by atoms with Gasteiger partial charge in [0.15, 0.2) is 0 Å². The molecule has 16 heavy (non-hydrogen) atoms. The summed E-state index contributed by atoms with van der Waals surface area (Å²) in [5, 5.41) is 12.4. The van der Waals surface area contributed by atoms with E-state index in [0.29, 0.717) is 0 Å². The Morgan fingerprint density at radius 2 is 2.00 bits per heavy atom. The molecule has 0 aliphatic heterocycles. The number of methoxy groups -OCH3 is 1. The Balaban J connectivity index is 3.51. The van der Waals surface area contributed by atoms with E-state index in [2.05, 4.69) is 24.2 Å². The van der Waals surface area contributed by atoms with E-state index in [1.165, 1.54) is 0 Å². The summed E-state index contributed by atoms with van der Waals surface area (Å²) >= 11 is 0. The summed E-state index contributed by atoms with van der Waals surface area (Å²) in [6.45, 7) is 5.13. The van der Waals surface area contributed by atoms with Crippen LogP contribution >= 0.6 is 0 Å². The van der Waals surface area contributed by atoms with Crippen molar-refractivity contribution in [1.82, 2.24) is 10.2 Å². The van der Waals surface area contributed by atoms with Crippen LogP contribution in [0.2, 0.25) is 0 Å². The largest absolute Gasteiger partial charge is 0.394 e. The first kappa shape index (κ1) is 15.8. The lowest BCUT2D eigenvalue weighted by Gasteiger charge is -2.27. The van der Waals surface area contributed by atoms with Crippen molar-refractivity contribution in [2.24, 2.45) is 0 Å². The third-order valence-electron chi connectivity index (χ3n) is 3.15. The number of unbranched alkanes of at least 4 members (excludes halogenated alkanes) is 1. The minimum absolute atomic E-state index is 0.120. The Kier molecular flexibility index (Phi) is 8.84. The van der Waals surface area contributed by atoms with Crippen LogP contribution < -0.4 is 5.32 Å². The second kappa shape index (κ2) is 8.93. The summed E-state index contributed by atoms with van der Waals surface area (Å²) in [5.41, 5.74) is -0.120. The molecule has 1 atom stereocenters. The minimum Gasteiger partial charge on any atom is -0.394 e. The SMILES string of the molecule is CNC(C)(CO)CCCCN(C)CCOC. The maximum absolute atomic E-state index is 9.22. The quantitative estimate of drug-likeness (QED) is 0.544. The van der Waals surface area contributed by atoms with Gasteiger partial charge in [0.2, 0.25) is 0 Å². The summed E-state index contributed by atoms with van der Waals surface area (Å²) in [4.78, 5) is 2.28. The van der Waals surface area contributed by atoms with Crippen LogP contribution in [-0.2, 0) is 4.74 Å². The highest BCUT2D eigenvalue weighted by atomic mass is 16.5. The molecule has 0 radical (unpaired) electrons. The Morgan fingerprint density at radius 1 is 1.31 bits per heavy atom. The number of ether oxygens (including phenoxy) is 1. The van der Waals surface area contributed by atoms with E-state index in [4.69, 9.17) is 4.74 Å². The molecule has 0 heterocycles. The molecule has 0 fully saturated rings. The van der Waals surface area contributed by atoms with Crippen molar-refractivity contribution in [3.05, 3.63) is 0 Å². The second-order valence-corrected chi connectivity index (χ2v) is 4.72. The molecule has 0 aromatic heterocycles. The number of likely N-dealkylation sites (N-methyl/N-ethyl adjacent to an activating group) is 2. The third kappa shape index (κ3) is 7.17. The molecule has 2 N–H and O–H groups in total. The zero-order chi connectivity index (χ0) is 12.4. The van der Waals surface area contributed by atoms with E-state index in [1.807, 2.05) is 7.05 Å². The smallest absolute Gasteiger partial charge is 0.0610 e. The molecule has 98 valence electrons. The first-order valence-electron chi connectivity index (χ1n) is 6.05. The van der Waals surface area contributed by atoms with Crippen molar-refractivity contribution in [2.45, 2.75) is 31.7 Å². The lowest BCUT2D eigenvalue weighted by atomic mass is 9.96. The first-order chi connectivity index (χ1) is 7.58. The molecular weight excluding hydrogens is 204 g/mol. The Hall–Kier alpha value is -0.160. The van der Waals surface area contributed by atoms with Crippen LogP contribution in [0.1, 0.15) is 26.2 Å². The molecule has 1 unspecified atom stereocenters. The number of nitrogens with zero attached hydrogens (tertiary/aromatic N) is 1. The van der Waals surface area contributed by atoms with Crippen LogP contribution in [0, 0.1) is 0 Å². The maximum atomic E-state index is 9.22. The molecule has 0 spiro atoms. The van der Waals surface area contributed by atoms with Gasteiger partial charge >= 0.3 is 0 Å². The average Bonchev–Trinajstić information content (AvgIpc) is 2.31. The van der Waals surface area contributed by atoms with Crippen molar-refractivity contribution >= 4 is 0 Å². The number of rotatable bonds is 10. The average molecular weight is 232 g/mol. The number of aliphatic hydroxyl groups is 1. The van der Waals surface area contributed by atoms with Gasteiger partial charge in [0.25, 0.3) is 0 Å². The standard InChI is InChI=1S/C12H28N2O2/c1-12(11-15,13-2)7-5-6-8-14(3)9-10-16-4/h13,15H,5-11H2,1-4H3. The van der Waals surface area contributed by atoms with Gasteiger partial charge in [-0.1, -0.05) is 6.42 Å². The summed E-state index contributed by atoms with van der Waals surface area (Å²) in [6, 6.07) is 0. The van der Waals surface area contributed by atoms with Gasteiger partial charge in [0.05, 0.1) is 13.2 Å². The molecular formula is C12H28N2O2. The van der Waals surface area contributed by atoms with E-state index in [1.54, 1.807) is 7.11 Å². The molecule has 4 nitrogen and oxygen atoms in total. The van der Waals surface area contributed by atoms with Crippen molar-refractivity contribution in [3.8, 4) is 0 Å². The van der Waals surface area contributed by atoms with Gasteiger partial charge in [-0.2, -0.15) is 0 Å². The molecule has 0 aromatic rings. The van der Waals surface area contributed by atoms with Gasteiger partial charge in [-0.15, -0.1) is 0 Å². The Morgan fingerprint density at radius 3 is 2.50 bits per heavy atom. The molecule has 0 bridgehead atoms. The van der Waals surface area contributed by atoms with Gasteiger partial charge in [-0.3, -0.25) is 0 Å². The first-order valence-corrected chi connectivity index (χ1v) is 6.05. The van der Waals surface area contributed by atoms with Crippen molar-refractivity contribution in [1.29, 1.82) is 0 Å². The van der Waals surface area contributed by atoms with Gasteiger partial charge in [0, 0.05) is 19.2 Å². The molecule has 0 aliphatic rings. The number of nitrogens with one attached hydrogen (secondary N) is 1. The summed E-state index contributed by atoms with van der Waals surface area (Å²) in [6.07, 6.45) is 3.31. The highest BCUT2D eigenvalue weighted by Gasteiger charge is 2.19. The molecule has 4 heteroatoms. The molecule has 0 aromatic carbocycles. The van der Waals surface area contributed by atoms with Crippen LogP contribution in [0.15, 0.2) is 0 Å². The predicted molar refractivity (Wildman–Crippen MR) is 67.8 cm³/mol. The number of hydrogen-bond donors (Lipinski definition) is 2. The van der Waals surface area contributed by atoms with Crippen LogP contribution in [0.25, 0.3) is 0 Å². The van der Waals surface area contributed by atoms with E-state index in [0.717, 1.165) is 39.0 Å². The van der Waals surface area contributed by atoms with Crippen LogP contribution in [0.4, 0.5) is 0 Å². The van der Waals surface area contributed by atoms with Gasteiger partial charge in [0.1, 0.15) is 0 Å². The second-order valence-electron chi connectivity index (χ2n) is 4.72. The summed E-state index contributed by atoms with van der Waals surface area (Å²) in [5.74, 6) is 0. The van der Waals surface area contributed by atoms with E-state index >= 15 is 0 Å². The monoisotopic (exact) mass is 232 g/mol. The fraction of sp³-hybridized carbons (Fsp3) is 1.00. The highest BCUT2D eigenvalue weighted by Crippen LogP contribution is 2.12. The minimum atomic E-state index is -0.120. The fourth-order valence-corrected chi connectivity index (χ4v) is 1.54. The van der Waals surface area contributed by atoms with Crippen molar-refractivity contribution in [3.63, 3.8) is 0 Å². The molecule has 0 saturated carbocycles. The Labute approximate surface area is 100.0 Å². The van der Waals surface area contributed by atoms with Crippen molar-refractivity contribution < 1.29 is 9.84 Å². The fourth-order valence-electron chi connectivity index (χ4n) is 1.54. The van der Waals surface area contributed by atoms with Gasteiger partial charge in [-0.05, 0) is 40.4 Å². The summed E-state index contributed by atoms with van der Waals surface area (Å²) < 4.78 is 5.02. The lowest BCUT2D eigenvalue weighted by molar-refractivity contribution is 0.155. The van der Waals surface area contributed by atoms with Gasteiger partial charge < -0.3 is 20.1 Å². The zero-order valence-corrected chi connectivity index (χ0v) is 11.3. The van der Waals surface area contributed by atoms with Gasteiger partial charge in [-0.25, -0.2) is 0 Å². The molecule has 0 amide bonds. The predicted octanol–water partition coefficient (Wildman–Crippen LogP) is 0.705. The third-order valence-corrected chi connectivity index (χ3v) is 3.15. The number of aliphatic hydroxyl groups excluding tert-OH is 1. The number of hydrogen-bond acceptors (Lipinski definition) is 4. The zero-order valence-electron chi connectivity index (χ0n) is 11.3. The van der Waals surface area contributed by atoms with Crippen LogP contribution in [0.3, 0.4) is 0 Å².